The summed E-state index contributed by atoms with van der Waals surface area (Å²) < 4.78 is 11.4. The number of aromatic nitrogens is 5. The van der Waals surface area contributed by atoms with Gasteiger partial charge in [0.05, 0.1) is 30.9 Å². The largest absolute Gasteiger partial charge is 0.477 e. The van der Waals surface area contributed by atoms with E-state index in [1.54, 1.807) is 12.4 Å². The molecule has 1 aliphatic heterocycles. The van der Waals surface area contributed by atoms with Crippen LogP contribution in [0.1, 0.15) is 12.8 Å². The predicted molar refractivity (Wildman–Crippen MR) is 104 cm³/mol. The monoisotopic (exact) mass is 379 g/mol. The summed E-state index contributed by atoms with van der Waals surface area (Å²) in [6, 6.07) is 3.79. The molecule has 28 heavy (non-hydrogen) atoms. The summed E-state index contributed by atoms with van der Waals surface area (Å²) in [5.74, 6) is 2.82. The van der Waals surface area contributed by atoms with Crippen LogP contribution >= 0.6 is 0 Å². The molecule has 144 valence electrons. The summed E-state index contributed by atoms with van der Waals surface area (Å²) in [4.78, 5) is 24.5. The first-order chi connectivity index (χ1) is 13.8. The smallest absolute Gasteiger partial charge is 0.219 e. The summed E-state index contributed by atoms with van der Waals surface area (Å²) in [5, 5.41) is 0. The van der Waals surface area contributed by atoms with Crippen molar-refractivity contribution in [2.45, 2.75) is 12.8 Å². The highest BCUT2D eigenvalue weighted by Crippen LogP contribution is 2.31. The molecule has 0 amide bonds. The van der Waals surface area contributed by atoms with Crippen LogP contribution in [-0.4, -0.2) is 57.8 Å². The van der Waals surface area contributed by atoms with Crippen LogP contribution in [0.3, 0.4) is 0 Å². The first kappa shape index (κ1) is 17.1. The minimum atomic E-state index is 0.220. The molecule has 4 heterocycles. The Morgan fingerprint density at radius 3 is 2.61 bits per heavy atom. The van der Waals surface area contributed by atoms with E-state index in [9.17, 15) is 0 Å². The number of morpholine rings is 1. The molecule has 2 N–H and O–H groups in total. The minimum Gasteiger partial charge on any atom is -0.477 e. The second-order valence-electron chi connectivity index (χ2n) is 7.07. The molecule has 0 bridgehead atoms. The van der Waals surface area contributed by atoms with E-state index in [0.29, 0.717) is 43.0 Å². The van der Waals surface area contributed by atoms with Crippen LogP contribution in [0.25, 0.3) is 22.4 Å². The molecule has 0 unspecified atom stereocenters. The average Bonchev–Trinajstić information content (AvgIpc) is 3.57. The Labute approximate surface area is 162 Å². The van der Waals surface area contributed by atoms with E-state index in [1.807, 2.05) is 12.1 Å². The molecular weight excluding hydrogens is 358 g/mol. The Kier molecular flexibility index (Phi) is 4.36. The van der Waals surface area contributed by atoms with Gasteiger partial charge in [-0.25, -0.2) is 24.9 Å². The van der Waals surface area contributed by atoms with Crippen LogP contribution in [0.5, 0.6) is 5.88 Å². The number of ether oxygens (including phenoxy) is 2. The molecule has 5 rings (SSSR count). The Hall–Kier alpha value is -3.07. The maximum atomic E-state index is 5.86. The second kappa shape index (κ2) is 7.16. The maximum Gasteiger partial charge on any atom is 0.219 e. The van der Waals surface area contributed by atoms with E-state index in [2.05, 4.69) is 19.9 Å². The van der Waals surface area contributed by atoms with Crippen molar-refractivity contribution < 1.29 is 9.47 Å². The van der Waals surface area contributed by atoms with Crippen LogP contribution in [0.15, 0.2) is 24.5 Å². The van der Waals surface area contributed by atoms with E-state index in [-0.39, 0.29) is 5.95 Å². The molecule has 3 aromatic rings. The maximum absolute atomic E-state index is 5.86. The SMILES string of the molecule is Nc1ncc(-c2nc(N3CCOCC3)c3nc(OCC4CC4)ccc3n2)cn1. The Bertz CT molecular complexity index is 985. The summed E-state index contributed by atoms with van der Waals surface area (Å²) in [6.45, 7) is 3.53. The van der Waals surface area contributed by atoms with Crippen LogP contribution in [-0.2, 0) is 4.74 Å². The molecule has 9 heteroatoms. The molecule has 3 aromatic heterocycles. The van der Waals surface area contributed by atoms with Crippen molar-refractivity contribution in [1.29, 1.82) is 0 Å². The highest BCUT2D eigenvalue weighted by molar-refractivity contribution is 5.88. The van der Waals surface area contributed by atoms with Crippen molar-refractivity contribution in [1.82, 2.24) is 24.9 Å². The molecule has 2 aliphatic rings. The molecule has 2 fully saturated rings. The van der Waals surface area contributed by atoms with Crippen LogP contribution < -0.4 is 15.4 Å². The normalized spacial score (nSPS) is 17.1. The molecule has 0 atom stereocenters. The molecule has 1 saturated heterocycles. The van der Waals surface area contributed by atoms with Gasteiger partial charge in [0.15, 0.2) is 11.6 Å². The van der Waals surface area contributed by atoms with Gasteiger partial charge in [0, 0.05) is 31.5 Å². The zero-order valence-corrected chi connectivity index (χ0v) is 15.4. The van der Waals surface area contributed by atoms with Gasteiger partial charge in [-0.2, -0.15) is 0 Å². The number of pyridine rings is 1. The fraction of sp³-hybridized carbons (Fsp3) is 0.421. The van der Waals surface area contributed by atoms with Crippen LogP contribution in [0.4, 0.5) is 11.8 Å². The van der Waals surface area contributed by atoms with Crippen molar-refractivity contribution >= 4 is 22.8 Å². The molecule has 1 aliphatic carbocycles. The van der Waals surface area contributed by atoms with Crippen LogP contribution in [0.2, 0.25) is 0 Å². The number of fused-ring (bicyclic) bond motifs is 1. The van der Waals surface area contributed by atoms with E-state index in [0.717, 1.165) is 29.9 Å². The van der Waals surface area contributed by atoms with Crippen molar-refractivity contribution in [3.05, 3.63) is 24.5 Å². The van der Waals surface area contributed by atoms with Crippen LogP contribution in [0, 0.1) is 5.92 Å². The van der Waals surface area contributed by atoms with E-state index >= 15 is 0 Å². The van der Waals surface area contributed by atoms with Gasteiger partial charge in [0.25, 0.3) is 0 Å². The molecule has 9 nitrogen and oxygen atoms in total. The fourth-order valence-electron chi connectivity index (χ4n) is 3.13. The number of hydrogen-bond donors (Lipinski definition) is 1. The number of anilines is 2. The molecule has 0 radical (unpaired) electrons. The minimum absolute atomic E-state index is 0.220. The molecular formula is C19H21N7O2. The summed E-state index contributed by atoms with van der Waals surface area (Å²) in [6.07, 6.45) is 5.74. The lowest BCUT2D eigenvalue weighted by Gasteiger charge is -2.28. The number of nitrogens with two attached hydrogens (primary N) is 1. The van der Waals surface area contributed by atoms with Gasteiger partial charge in [-0.1, -0.05) is 0 Å². The Morgan fingerprint density at radius 2 is 1.86 bits per heavy atom. The van der Waals surface area contributed by atoms with Gasteiger partial charge in [-0.3, -0.25) is 0 Å². The predicted octanol–water partition coefficient (Wildman–Crippen LogP) is 1.69. The van der Waals surface area contributed by atoms with Gasteiger partial charge >= 0.3 is 0 Å². The zero-order valence-electron chi connectivity index (χ0n) is 15.4. The van der Waals surface area contributed by atoms with Crippen molar-refractivity contribution in [2.24, 2.45) is 5.92 Å². The Morgan fingerprint density at radius 1 is 1.07 bits per heavy atom. The first-order valence-electron chi connectivity index (χ1n) is 9.48. The van der Waals surface area contributed by atoms with Crippen molar-refractivity contribution in [3.8, 4) is 17.3 Å². The van der Waals surface area contributed by atoms with E-state index in [1.165, 1.54) is 12.8 Å². The molecule has 0 spiro atoms. The lowest BCUT2D eigenvalue weighted by molar-refractivity contribution is 0.122. The standard InChI is InChI=1S/C19H21N7O2/c20-19-21-9-13(10-22-19)17-23-14-3-4-15(28-11-12-1-2-12)24-16(14)18(25-17)26-5-7-27-8-6-26/h3-4,9-10,12H,1-2,5-8,11H2,(H2,20,21,22). The van der Waals surface area contributed by atoms with E-state index < -0.39 is 0 Å². The van der Waals surface area contributed by atoms with Gasteiger partial charge in [0.2, 0.25) is 11.8 Å². The third-order valence-corrected chi connectivity index (χ3v) is 4.90. The third-order valence-electron chi connectivity index (χ3n) is 4.90. The summed E-state index contributed by atoms with van der Waals surface area (Å²) in [5.41, 5.74) is 7.80. The van der Waals surface area contributed by atoms with Crippen molar-refractivity contribution in [3.63, 3.8) is 0 Å². The van der Waals surface area contributed by atoms with Gasteiger partial charge in [0.1, 0.15) is 5.52 Å². The summed E-state index contributed by atoms with van der Waals surface area (Å²) in [7, 11) is 0. The number of rotatable bonds is 5. The quantitative estimate of drug-likeness (QED) is 0.707. The first-order valence-corrected chi connectivity index (χ1v) is 9.48. The van der Waals surface area contributed by atoms with Gasteiger partial charge < -0.3 is 20.1 Å². The average molecular weight is 379 g/mol. The van der Waals surface area contributed by atoms with E-state index in [4.69, 9.17) is 25.2 Å². The lowest BCUT2D eigenvalue weighted by atomic mass is 10.2. The van der Waals surface area contributed by atoms with Crippen molar-refractivity contribution in [2.75, 3.05) is 43.5 Å². The number of nitrogen functional groups attached to an aromatic ring is 1. The number of hydrogen-bond acceptors (Lipinski definition) is 9. The number of nitrogens with zero attached hydrogens (tertiary/aromatic N) is 6. The topological polar surface area (TPSA) is 112 Å². The second-order valence-corrected chi connectivity index (χ2v) is 7.07. The summed E-state index contributed by atoms with van der Waals surface area (Å²) >= 11 is 0. The molecule has 0 aromatic carbocycles. The van der Waals surface area contributed by atoms with Gasteiger partial charge in [-0.15, -0.1) is 0 Å². The highest BCUT2D eigenvalue weighted by atomic mass is 16.5. The Balaban J connectivity index is 1.58. The third kappa shape index (κ3) is 3.53. The fourth-order valence-corrected chi connectivity index (χ4v) is 3.13. The zero-order chi connectivity index (χ0) is 18.9. The lowest BCUT2D eigenvalue weighted by Crippen LogP contribution is -2.37. The van der Waals surface area contributed by atoms with Gasteiger partial charge in [-0.05, 0) is 24.8 Å². The highest BCUT2D eigenvalue weighted by Gasteiger charge is 2.23. The molecule has 1 saturated carbocycles.